The average molecular weight is 510 g/mol. The quantitative estimate of drug-likeness (QED) is 0.444. The Morgan fingerprint density at radius 3 is 2.74 bits per heavy atom. The predicted octanol–water partition coefficient (Wildman–Crippen LogP) is 4.29. The van der Waals surface area contributed by atoms with E-state index in [-0.39, 0.29) is 30.0 Å². The molecule has 8 nitrogen and oxygen atoms in total. The lowest BCUT2D eigenvalue weighted by atomic mass is 10.2. The van der Waals surface area contributed by atoms with Gasteiger partial charge in [-0.05, 0) is 19.1 Å². The lowest BCUT2D eigenvalue weighted by Gasteiger charge is -2.40. The Labute approximate surface area is 201 Å². The third kappa shape index (κ3) is 4.34. The molecule has 1 amide bonds. The Hall–Kier alpha value is -3.12. The molecule has 1 unspecified atom stereocenters. The number of aromatic nitrogens is 5. The van der Waals surface area contributed by atoms with Gasteiger partial charge >= 0.3 is 6.18 Å². The Balaban J connectivity index is 1.41. The minimum Gasteiger partial charge on any atom is -0.358 e. The summed E-state index contributed by atoms with van der Waals surface area (Å²) in [5.74, 6) is 0.148. The number of piperazine rings is 1. The van der Waals surface area contributed by atoms with Crippen molar-refractivity contribution in [2.24, 2.45) is 0 Å². The van der Waals surface area contributed by atoms with Gasteiger partial charge in [-0.15, -0.1) is 0 Å². The van der Waals surface area contributed by atoms with Crippen LogP contribution in [0, 0.1) is 0 Å². The molecule has 1 atom stereocenters. The number of carbonyl (C=O) groups is 1. The summed E-state index contributed by atoms with van der Waals surface area (Å²) in [4.78, 5) is 27.8. The first-order valence-corrected chi connectivity index (χ1v) is 11.6. The van der Waals surface area contributed by atoms with Crippen LogP contribution >= 0.6 is 22.9 Å². The van der Waals surface area contributed by atoms with Crippen LogP contribution in [-0.4, -0.2) is 61.2 Å². The SMILES string of the molecule is CC1CN(c2sc(C(F)(F)F)nc2-c2nc3ccccc3[nH]2)CCN1C(=O)Cn1cc(Cl)cn1. The molecule has 13 heteroatoms. The van der Waals surface area contributed by atoms with Gasteiger partial charge < -0.3 is 14.8 Å². The first kappa shape index (κ1) is 22.7. The zero-order valence-electron chi connectivity index (χ0n) is 17.9. The molecule has 1 saturated heterocycles. The summed E-state index contributed by atoms with van der Waals surface area (Å²) in [5, 5.41) is 3.92. The van der Waals surface area contributed by atoms with Crippen LogP contribution < -0.4 is 4.90 Å². The molecule has 0 bridgehead atoms. The van der Waals surface area contributed by atoms with Crippen molar-refractivity contribution in [2.75, 3.05) is 24.5 Å². The van der Waals surface area contributed by atoms with E-state index in [1.165, 1.54) is 10.9 Å². The van der Waals surface area contributed by atoms with Crippen molar-refractivity contribution >= 4 is 44.9 Å². The monoisotopic (exact) mass is 509 g/mol. The van der Waals surface area contributed by atoms with Crippen molar-refractivity contribution < 1.29 is 18.0 Å². The highest BCUT2D eigenvalue weighted by Crippen LogP contribution is 2.42. The number of hydrogen-bond acceptors (Lipinski definition) is 6. The number of anilines is 1. The number of thiazole rings is 1. The fourth-order valence-corrected chi connectivity index (χ4v) is 5.16. The Bertz CT molecular complexity index is 1310. The van der Waals surface area contributed by atoms with Crippen LogP contribution in [0.5, 0.6) is 0 Å². The number of para-hydroxylation sites is 2. The first-order valence-electron chi connectivity index (χ1n) is 10.4. The number of aromatic amines is 1. The first-order chi connectivity index (χ1) is 16.2. The summed E-state index contributed by atoms with van der Waals surface area (Å²) < 4.78 is 42.1. The Morgan fingerprint density at radius 2 is 2.06 bits per heavy atom. The number of benzene rings is 1. The van der Waals surface area contributed by atoms with E-state index >= 15 is 0 Å². The van der Waals surface area contributed by atoms with Gasteiger partial charge in [-0.25, -0.2) is 9.97 Å². The molecule has 0 radical (unpaired) electrons. The number of rotatable bonds is 4. The molecule has 4 heterocycles. The molecular weight excluding hydrogens is 491 g/mol. The molecule has 5 rings (SSSR count). The van der Waals surface area contributed by atoms with Gasteiger partial charge in [0.05, 0.1) is 22.3 Å². The highest BCUT2D eigenvalue weighted by Gasteiger charge is 2.39. The standard InChI is InChI=1S/C21H19ClF3N7OS/c1-12-9-30(6-7-32(12)16(33)11-31-10-13(22)8-26-31)19-17(29-20(34-19)21(23,24)25)18-27-14-4-2-3-5-15(14)28-18/h2-5,8,10,12H,6-7,9,11H2,1H3,(H,27,28). The smallest absolute Gasteiger partial charge is 0.358 e. The maximum atomic E-state index is 13.6. The van der Waals surface area contributed by atoms with Crippen molar-refractivity contribution in [3.8, 4) is 11.5 Å². The van der Waals surface area contributed by atoms with Crippen LogP contribution in [0.15, 0.2) is 36.7 Å². The number of alkyl halides is 3. The second kappa shape index (κ2) is 8.58. The summed E-state index contributed by atoms with van der Waals surface area (Å²) in [5.41, 5.74) is 1.52. The fourth-order valence-electron chi connectivity index (χ4n) is 4.03. The van der Waals surface area contributed by atoms with Crippen LogP contribution in [0.2, 0.25) is 5.02 Å². The maximum absolute atomic E-state index is 13.6. The normalized spacial score (nSPS) is 17.0. The number of H-pyrrole nitrogens is 1. The number of amides is 1. The van der Waals surface area contributed by atoms with Gasteiger partial charge in [0, 0.05) is 31.9 Å². The minimum absolute atomic E-state index is 0.0417. The van der Waals surface area contributed by atoms with Gasteiger partial charge in [-0.1, -0.05) is 35.1 Å². The average Bonchev–Trinajstić information content (AvgIpc) is 3.50. The number of carbonyl (C=O) groups excluding carboxylic acids is 1. The summed E-state index contributed by atoms with van der Waals surface area (Å²) in [6.45, 7) is 2.99. The molecule has 0 aliphatic carbocycles. The summed E-state index contributed by atoms with van der Waals surface area (Å²) in [7, 11) is 0. The number of fused-ring (bicyclic) bond motifs is 1. The van der Waals surface area contributed by atoms with Crippen LogP contribution in [0.1, 0.15) is 11.9 Å². The third-order valence-electron chi connectivity index (χ3n) is 5.60. The summed E-state index contributed by atoms with van der Waals surface area (Å²) >= 11 is 6.46. The molecule has 3 aromatic heterocycles. The van der Waals surface area contributed by atoms with Crippen LogP contribution in [-0.2, 0) is 17.5 Å². The van der Waals surface area contributed by atoms with E-state index in [4.69, 9.17) is 11.6 Å². The third-order valence-corrected chi connectivity index (χ3v) is 6.96. The van der Waals surface area contributed by atoms with Crippen LogP contribution in [0.4, 0.5) is 18.2 Å². The number of nitrogens with zero attached hydrogens (tertiary/aromatic N) is 6. The molecule has 1 fully saturated rings. The molecule has 0 spiro atoms. The number of nitrogens with one attached hydrogen (secondary N) is 1. The zero-order valence-corrected chi connectivity index (χ0v) is 19.5. The second-order valence-corrected chi connectivity index (χ2v) is 9.43. The van der Waals surface area contributed by atoms with E-state index in [1.807, 2.05) is 30.0 Å². The van der Waals surface area contributed by atoms with Gasteiger partial charge in [0.15, 0.2) is 5.82 Å². The zero-order chi connectivity index (χ0) is 24.0. The Kier molecular flexibility index (Phi) is 5.72. The van der Waals surface area contributed by atoms with Gasteiger partial charge in [0.1, 0.15) is 17.2 Å². The maximum Gasteiger partial charge on any atom is 0.443 e. The molecule has 34 heavy (non-hydrogen) atoms. The van der Waals surface area contributed by atoms with Crippen molar-refractivity contribution in [2.45, 2.75) is 25.7 Å². The highest BCUT2D eigenvalue weighted by atomic mass is 35.5. The van der Waals surface area contributed by atoms with Crippen molar-refractivity contribution in [1.29, 1.82) is 0 Å². The number of imidazole rings is 1. The minimum atomic E-state index is -4.57. The van der Waals surface area contributed by atoms with Gasteiger partial charge in [0.25, 0.3) is 0 Å². The molecule has 1 aromatic carbocycles. The van der Waals surface area contributed by atoms with E-state index in [9.17, 15) is 18.0 Å². The van der Waals surface area contributed by atoms with Crippen molar-refractivity contribution in [3.05, 3.63) is 46.7 Å². The Morgan fingerprint density at radius 1 is 1.26 bits per heavy atom. The van der Waals surface area contributed by atoms with E-state index in [0.29, 0.717) is 52.0 Å². The second-order valence-electron chi connectivity index (χ2n) is 8.01. The van der Waals surface area contributed by atoms with Gasteiger partial charge in [-0.2, -0.15) is 18.3 Å². The van der Waals surface area contributed by atoms with E-state index in [2.05, 4.69) is 20.1 Å². The molecular formula is C21H19ClF3N7OS. The predicted molar refractivity (Wildman–Crippen MR) is 123 cm³/mol. The van der Waals surface area contributed by atoms with E-state index < -0.39 is 11.2 Å². The highest BCUT2D eigenvalue weighted by molar-refractivity contribution is 7.16. The number of hydrogen-bond donors (Lipinski definition) is 1. The summed E-state index contributed by atoms with van der Waals surface area (Å²) in [6.07, 6.45) is -1.55. The number of halogens is 4. The molecule has 4 aromatic rings. The van der Waals surface area contributed by atoms with Crippen molar-refractivity contribution in [3.63, 3.8) is 0 Å². The molecule has 1 N–H and O–H groups in total. The lowest BCUT2D eigenvalue weighted by Crippen LogP contribution is -2.54. The van der Waals surface area contributed by atoms with Crippen molar-refractivity contribution in [1.82, 2.24) is 29.6 Å². The summed E-state index contributed by atoms with van der Waals surface area (Å²) in [6, 6.07) is 6.99. The molecule has 0 saturated carbocycles. The topological polar surface area (TPSA) is 82.9 Å². The van der Waals surface area contributed by atoms with Crippen LogP contribution in [0.25, 0.3) is 22.6 Å². The van der Waals surface area contributed by atoms with E-state index in [1.54, 1.807) is 17.2 Å². The van der Waals surface area contributed by atoms with Crippen LogP contribution in [0.3, 0.4) is 0 Å². The molecule has 178 valence electrons. The largest absolute Gasteiger partial charge is 0.443 e. The fraction of sp³-hybridized carbons (Fsp3) is 0.333. The van der Waals surface area contributed by atoms with E-state index in [0.717, 1.165) is 0 Å². The van der Waals surface area contributed by atoms with Gasteiger partial charge in [-0.3, -0.25) is 9.48 Å². The lowest BCUT2D eigenvalue weighted by molar-refractivity contribution is -0.137. The molecule has 1 aliphatic heterocycles. The molecule has 1 aliphatic rings. The van der Waals surface area contributed by atoms with Gasteiger partial charge in [0.2, 0.25) is 10.9 Å².